The molecule has 0 spiro atoms. The molecule has 0 radical (unpaired) electrons. The molecule has 1 aliphatic heterocycles. The van der Waals surface area contributed by atoms with Gasteiger partial charge in [-0.25, -0.2) is 4.98 Å². The lowest BCUT2D eigenvalue weighted by atomic mass is 10.1. The number of ether oxygens (including phenoxy) is 1. The van der Waals surface area contributed by atoms with Gasteiger partial charge in [0.25, 0.3) is 5.91 Å². The van der Waals surface area contributed by atoms with Gasteiger partial charge in [0.2, 0.25) is 5.91 Å². The molecule has 0 saturated carbocycles. The van der Waals surface area contributed by atoms with Crippen LogP contribution in [-0.4, -0.2) is 37.8 Å². The summed E-state index contributed by atoms with van der Waals surface area (Å²) in [6, 6.07) is 8.69. The Kier molecular flexibility index (Phi) is 5.89. The van der Waals surface area contributed by atoms with Crippen molar-refractivity contribution in [3.05, 3.63) is 60.3 Å². The summed E-state index contributed by atoms with van der Waals surface area (Å²) in [6.07, 6.45) is 7.40. The SMILES string of the molecule is Cn1nc(C2CCCO2)cc1NC(=O)c1cccc(NC(=O)CCn2ccnc2)c1. The van der Waals surface area contributed by atoms with Crippen molar-refractivity contribution in [1.82, 2.24) is 19.3 Å². The van der Waals surface area contributed by atoms with Gasteiger partial charge >= 0.3 is 0 Å². The Bertz CT molecular complexity index is 1020. The van der Waals surface area contributed by atoms with E-state index >= 15 is 0 Å². The Balaban J connectivity index is 1.37. The van der Waals surface area contributed by atoms with Gasteiger partial charge in [-0.15, -0.1) is 0 Å². The number of aryl methyl sites for hydroxylation is 2. The first-order valence-electron chi connectivity index (χ1n) is 9.91. The largest absolute Gasteiger partial charge is 0.372 e. The highest BCUT2D eigenvalue weighted by atomic mass is 16.5. The van der Waals surface area contributed by atoms with E-state index in [0.717, 1.165) is 25.1 Å². The standard InChI is InChI=1S/C21H24N6O3/c1-26-19(13-17(25-26)18-6-3-11-30-18)24-21(29)15-4-2-5-16(12-15)23-20(28)7-9-27-10-8-22-14-27/h2,4-5,8,10,12-14,18H,3,6-7,9,11H2,1H3,(H,23,28)(H,24,29). The van der Waals surface area contributed by atoms with Crippen LogP contribution in [0.4, 0.5) is 11.5 Å². The molecule has 0 bridgehead atoms. The maximum absolute atomic E-state index is 12.7. The zero-order valence-electron chi connectivity index (χ0n) is 16.7. The van der Waals surface area contributed by atoms with Crippen molar-refractivity contribution in [2.45, 2.75) is 31.9 Å². The summed E-state index contributed by atoms with van der Waals surface area (Å²) in [7, 11) is 1.78. The van der Waals surface area contributed by atoms with Crippen LogP contribution in [0.5, 0.6) is 0 Å². The topological polar surface area (TPSA) is 103 Å². The number of carbonyl (C=O) groups excluding carboxylic acids is 2. The molecule has 156 valence electrons. The van der Waals surface area contributed by atoms with Gasteiger partial charge in [-0.05, 0) is 31.0 Å². The predicted molar refractivity (Wildman–Crippen MR) is 111 cm³/mol. The van der Waals surface area contributed by atoms with Crippen LogP contribution in [0.15, 0.2) is 49.1 Å². The number of carbonyl (C=O) groups is 2. The van der Waals surface area contributed by atoms with Crippen molar-refractivity contribution < 1.29 is 14.3 Å². The van der Waals surface area contributed by atoms with E-state index in [9.17, 15) is 9.59 Å². The molecule has 1 fully saturated rings. The van der Waals surface area contributed by atoms with Gasteiger partial charge in [-0.3, -0.25) is 14.3 Å². The molecule has 2 N–H and O–H groups in total. The molecule has 1 aromatic carbocycles. The van der Waals surface area contributed by atoms with E-state index in [1.807, 2.05) is 10.6 Å². The summed E-state index contributed by atoms with van der Waals surface area (Å²) in [5.74, 6) is 0.195. The van der Waals surface area contributed by atoms with E-state index in [1.165, 1.54) is 0 Å². The summed E-state index contributed by atoms with van der Waals surface area (Å²) in [6.45, 7) is 1.28. The Hall–Kier alpha value is -3.46. The number of hydrogen-bond donors (Lipinski definition) is 2. The molecule has 1 aliphatic rings. The van der Waals surface area contributed by atoms with Crippen molar-refractivity contribution in [3.63, 3.8) is 0 Å². The Morgan fingerprint density at radius 1 is 1.27 bits per heavy atom. The van der Waals surface area contributed by atoms with Crippen molar-refractivity contribution in [2.24, 2.45) is 7.05 Å². The monoisotopic (exact) mass is 408 g/mol. The van der Waals surface area contributed by atoms with E-state index in [0.29, 0.717) is 30.0 Å². The highest BCUT2D eigenvalue weighted by Gasteiger charge is 2.22. The molecular formula is C21H24N6O3. The fourth-order valence-electron chi connectivity index (χ4n) is 3.37. The first kappa shape index (κ1) is 19.8. The second-order valence-corrected chi connectivity index (χ2v) is 7.21. The molecule has 1 unspecified atom stereocenters. The Morgan fingerprint density at radius 3 is 2.93 bits per heavy atom. The minimum absolute atomic E-state index is 0.0114. The number of imidazole rings is 1. The number of anilines is 2. The third-order valence-corrected chi connectivity index (χ3v) is 4.96. The minimum Gasteiger partial charge on any atom is -0.372 e. The van der Waals surface area contributed by atoms with Crippen molar-refractivity contribution in [1.29, 1.82) is 0 Å². The first-order valence-corrected chi connectivity index (χ1v) is 9.91. The van der Waals surface area contributed by atoms with Gasteiger partial charge in [0.05, 0.1) is 12.0 Å². The van der Waals surface area contributed by atoms with Crippen LogP contribution in [0.3, 0.4) is 0 Å². The smallest absolute Gasteiger partial charge is 0.256 e. The molecule has 2 amide bonds. The van der Waals surface area contributed by atoms with E-state index < -0.39 is 0 Å². The number of nitrogens with one attached hydrogen (secondary N) is 2. The molecule has 3 aromatic rings. The summed E-state index contributed by atoms with van der Waals surface area (Å²) < 4.78 is 9.13. The molecule has 30 heavy (non-hydrogen) atoms. The average Bonchev–Trinajstić information content (AvgIpc) is 3.50. The van der Waals surface area contributed by atoms with Gasteiger partial charge < -0.3 is 19.9 Å². The fraction of sp³-hybridized carbons (Fsp3) is 0.333. The molecule has 3 heterocycles. The van der Waals surface area contributed by atoms with Crippen LogP contribution in [0.1, 0.15) is 41.4 Å². The van der Waals surface area contributed by atoms with Gasteiger partial charge in [-0.1, -0.05) is 6.07 Å². The molecule has 0 aliphatic carbocycles. The van der Waals surface area contributed by atoms with Crippen LogP contribution in [0, 0.1) is 0 Å². The minimum atomic E-state index is -0.272. The molecule has 1 saturated heterocycles. The van der Waals surface area contributed by atoms with Crippen molar-refractivity contribution >= 4 is 23.3 Å². The number of benzene rings is 1. The maximum Gasteiger partial charge on any atom is 0.256 e. The highest BCUT2D eigenvalue weighted by Crippen LogP contribution is 2.29. The molecule has 2 aromatic heterocycles. The quantitative estimate of drug-likeness (QED) is 0.626. The number of rotatable bonds is 7. The fourth-order valence-corrected chi connectivity index (χ4v) is 3.37. The zero-order chi connectivity index (χ0) is 20.9. The highest BCUT2D eigenvalue weighted by molar-refractivity contribution is 6.05. The lowest BCUT2D eigenvalue weighted by Gasteiger charge is -2.09. The van der Waals surface area contributed by atoms with Gasteiger partial charge in [0, 0.05) is 56.3 Å². The lowest BCUT2D eigenvalue weighted by molar-refractivity contribution is -0.116. The van der Waals surface area contributed by atoms with Gasteiger partial charge in [0.15, 0.2) is 0 Å². The third kappa shape index (κ3) is 4.74. The van der Waals surface area contributed by atoms with Crippen LogP contribution < -0.4 is 10.6 Å². The van der Waals surface area contributed by atoms with Crippen LogP contribution in [-0.2, 0) is 23.1 Å². The van der Waals surface area contributed by atoms with Crippen LogP contribution >= 0.6 is 0 Å². The number of hydrogen-bond acceptors (Lipinski definition) is 5. The Labute approximate surface area is 174 Å². The van der Waals surface area contributed by atoms with Crippen LogP contribution in [0.2, 0.25) is 0 Å². The number of aromatic nitrogens is 4. The number of amides is 2. The Morgan fingerprint density at radius 2 is 2.17 bits per heavy atom. The predicted octanol–water partition coefficient (Wildman–Crippen LogP) is 2.75. The molecular weight excluding hydrogens is 384 g/mol. The third-order valence-electron chi connectivity index (χ3n) is 4.96. The molecule has 4 rings (SSSR count). The summed E-state index contributed by atoms with van der Waals surface area (Å²) >= 11 is 0. The summed E-state index contributed by atoms with van der Waals surface area (Å²) in [5.41, 5.74) is 1.84. The summed E-state index contributed by atoms with van der Waals surface area (Å²) in [5, 5.41) is 10.2. The van der Waals surface area contributed by atoms with E-state index in [-0.39, 0.29) is 17.9 Å². The lowest BCUT2D eigenvalue weighted by Crippen LogP contribution is -2.16. The second-order valence-electron chi connectivity index (χ2n) is 7.21. The molecule has 9 heteroatoms. The number of nitrogens with zero attached hydrogens (tertiary/aromatic N) is 4. The molecule has 9 nitrogen and oxygen atoms in total. The van der Waals surface area contributed by atoms with E-state index in [4.69, 9.17) is 4.74 Å². The normalized spacial score (nSPS) is 15.8. The summed E-state index contributed by atoms with van der Waals surface area (Å²) in [4.78, 5) is 28.8. The molecule has 1 atom stereocenters. The van der Waals surface area contributed by atoms with E-state index in [1.54, 1.807) is 54.7 Å². The maximum atomic E-state index is 12.7. The van der Waals surface area contributed by atoms with Gasteiger partial charge in [0.1, 0.15) is 11.9 Å². The van der Waals surface area contributed by atoms with Crippen LogP contribution in [0.25, 0.3) is 0 Å². The van der Waals surface area contributed by atoms with Crippen molar-refractivity contribution in [2.75, 3.05) is 17.2 Å². The van der Waals surface area contributed by atoms with E-state index in [2.05, 4.69) is 20.7 Å². The zero-order valence-corrected chi connectivity index (χ0v) is 16.7. The van der Waals surface area contributed by atoms with Crippen molar-refractivity contribution in [3.8, 4) is 0 Å². The first-order chi connectivity index (χ1) is 14.6. The van der Waals surface area contributed by atoms with Gasteiger partial charge in [-0.2, -0.15) is 5.10 Å². The average molecular weight is 408 g/mol. The second kappa shape index (κ2) is 8.91.